The third-order valence-corrected chi connectivity index (χ3v) is 4.30. The fourth-order valence-electron chi connectivity index (χ4n) is 3.24. The molecule has 5 nitrogen and oxygen atoms in total. The molecule has 1 saturated carbocycles. The Labute approximate surface area is 109 Å². The minimum absolute atomic E-state index is 0.557. The van der Waals surface area contributed by atoms with Gasteiger partial charge in [-0.2, -0.15) is 0 Å². The Morgan fingerprint density at radius 2 is 1.67 bits per heavy atom. The van der Waals surface area contributed by atoms with E-state index in [9.17, 15) is 0 Å². The zero-order valence-electron chi connectivity index (χ0n) is 11.1. The second-order valence-corrected chi connectivity index (χ2v) is 5.67. The van der Waals surface area contributed by atoms with E-state index in [1.807, 2.05) is 0 Å². The Kier molecular flexibility index (Phi) is 3.88. The van der Waals surface area contributed by atoms with Gasteiger partial charge in [0, 0.05) is 0 Å². The number of tetrazole rings is 1. The molecule has 0 radical (unpaired) electrons. The lowest BCUT2D eigenvalue weighted by Gasteiger charge is -2.20. The second-order valence-electron chi connectivity index (χ2n) is 5.67. The van der Waals surface area contributed by atoms with Crippen molar-refractivity contribution < 1.29 is 0 Å². The number of likely N-dealkylation sites (tertiary alicyclic amines) is 1. The van der Waals surface area contributed by atoms with E-state index in [0.29, 0.717) is 6.04 Å². The van der Waals surface area contributed by atoms with Gasteiger partial charge in [-0.05, 0) is 49.2 Å². The molecular formula is C13H23N5. The molecule has 1 saturated heterocycles. The molecule has 0 spiro atoms. The van der Waals surface area contributed by atoms with Crippen LogP contribution < -0.4 is 0 Å². The Morgan fingerprint density at radius 1 is 0.944 bits per heavy atom. The Balaban J connectivity index is 1.66. The van der Waals surface area contributed by atoms with Crippen LogP contribution in [0.5, 0.6) is 0 Å². The third-order valence-electron chi connectivity index (χ3n) is 4.30. The van der Waals surface area contributed by atoms with Crippen LogP contribution in [0.15, 0.2) is 0 Å². The molecule has 1 aromatic rings. The molecule has 1 aromatic heterocycles. The molecule has 0 amide bonds. The van der Waals surface area contributed by atoms with Crippen molar-refractivity contribution in [3.8, 4) is 0 Å². The minimum Gasteiger partial charge on any atom is -0.296 e. The topological polar surface area (TPSA) is 46.8 Å². The van der Waals surface area contributed by atoms with Gasteiger partial charge in [0.25, 0.3) is 0 Å². The maximum Gasteiger partial charge on any atom is 0.165 e. The average molecular weight is 249 g/mol. The van der Waals surface area contributed by atoms with Crippen LogP contribution >= 0.6 is 0 Å². The summed E-state index contributed by atoms with van der Waals surface area (Å²) >= 11 is 0. The fraction of sp³-hybridized carbons (Fsp3) is 0.923. The summed E-state index contributed by atoms with van der Waals surface area (Å²) in [5, 5.41) is 12.4. The summed E-state index contributed by atoms with van der Waals surface area (Å²) in [5.74, 6) is 1.07. The van der Waals surface area contributed by atoms with Crippen LogP contribution in [-0.4, -0.2) is 38.2 Å². The highest BCUT2D eigenvalue weighted by Crippen LogP contribution is 2.29. The molecule has 100 valence electrons. The Hall–Kier alpha value is -0.970. The SMILES string of the molecule is C1CCCN(Cc2nnnn2C2CCCC2)CC1. The maximum atomic E-state index is 4.25. The van der Waals surface area contributed by atoms with E-state index < -0.39 is 0 Å². The van der Waals surface area contributed by atoms with Crippen molar-refractivity contribution in [3.63, 3.8) is 0 Å². The molecule has 2 heterocycles. The number of nitrogens with zero attached hydrogens (tertiary/aromatic N) is 5. The van der Waals surface area contributed by atoms with Crippen LogP contribution in [0.1, 0.15) is 63.2 Å². The molecule has 3 rings (SSSR count). The highest BCUT2D eigenvalue weighted by atomic mass is 15.6. The van der Waals surface area contributed by atoms with Crippen LogP contribution in [0.3, 0.4) is 0 Å². The number of hydrogen-bond acceptors (Lipinski definition) is 4. The summed E-state index contributed by atoms with van der Waals surface area (Å²) in [6.07, 6.45) is 10.6. The Morgan fingerprint density at radius 3 is 2.39 bits per heavy atom. The highest BCUT2D eigenvalue weighted by molar-refractivity contribution is 4.87. The highest BCUT2D eigenvalue weighted by Gasteiger charge is 2.22. The lowest BCUT2D eigenvalue weighted by Crippen LogP contribution is -2.26. The van der Waals surface area contributed by atoms with Crippen LogP contribution in [0.2, 0.25) is 0 Å². The van der Waals surface area contributed by atoms with Crippen molar-refractivity contribution in [2.45, 2.75) is 64.0 Å². The average Bonchev–Trinajstić information content (AvgIpc) is 2.97. The first-order valence-electron chi connectivity index (χ1n) is 7.42. The lowest BCUT2D eigenvalue weighted by atomic mass is 10.2. The second kappa shape index (κ2) is 5.78. The summed E-state index contributed by atoms with van der Waals surface area (Å²) in [4.78, 5) is 2.52. The van der Waals surface area contributed by atoms with E-state index in [4.69, 9.17) is 0 Å². The summed E-state index contributed by atoms with van der Waals surface area (Å²) < 4.78 is 2.10. The minimum atomic E-state index is 0.557. The first-order valence-corrected chi connectivity index (χ1v) is 7.42. The number of rotatable bonds is 3. The van der Waals surface area contributed by atoms with Gasteiger partial charge in [0.15, 0.2) is 5.82 Å². The van der Waals surface area contributed by atoms with Crippen LogP contribution in [0.25, 0.3) is 0 Å². The quantitative estimate of drug-likeness (QED) is 0.823. The summed E-state index contributed by atoms with van der Waals surface area (Å²) in [7, 11) is 0. The van der Waals surface area contributed by atoms with E-state index in [1.54, 1.807) is 0 Å². The molecule has 0 unspecified atom stereocenters. The van der Waals surface area contributed by atoms with Crippen molar-refractivity contribution in [3.05, 3.63) is 5.82 Å². The first-order chi connectivity index (χ1) is 8.93. The lowest BCUT2D eigenvalue weighted by molar-refractivity contribution is 0.259. The van der Waals surface area contributed by atoms with Gasteiger partial charge in [0.1, 0.15) is 0 Å². The van der Waals surface area contributed by atoms with Gasteiger partial charge in [-0.3, -0.25) is 4.90 Å². The van der Waals surface area contributed by atoms with E-state index in [2.05, 4.69) is 25.1 Å². The predicted molar refractivity (Wildman–Crippen MR) is 69.1 cm³/mol. The van der Waals surface area contributed by atoms with E-state index in [1.165, 1.54) is 64.5 Å². The summed E-state index contributed by atoms with van der Waals surface area (Å²) in [6.45, 7) is 3.35. The monoisotopic (exact) mass is 249 g/mol. The van der Waals surface area contributed by atoms with Crippen molar-refractivity contribution in [2.75, 3.05) is 13.1 Å². The smallest absolute Gasteiger partial charge is 0.165 e. The van der Waals surface area contributed by atoms with Gasteiger partial charge < -0.3 is 0 Å². The van der Waals surface area contributed by atoms with Gasteiger partial charge in [-0.25, -0.2) is 4.68 Å². The van der Waals surface area contributed by atoms with Crippen molar-refractivity contribution >= 4 is 0 Å². The molecule has 0 atom stereocenters. The first kappa shape index (κ1) is 12.1. The van der Waals surface area contributed by atoms with E-state index in [-0.39, 0.29) is 0 Å². The Bertz CT molecular complexity index is 361. The van der Waals surface area contributed by atoms with Crippen molar-refractivity contribution in [1.29, 1.82) is 0 Å². The van der Waals surface area contributed by atoms with Gasteiger partial charge in [0.2, 0.25) is 0 Å². The summed E-state index contributed by atoms with van der Waals surface area (Å²) in [6, 6.07) is 0.557. The van der Waals surface area contributed by atoms with Gasteiger partial charge >= 0.3 is 0 Å². The fourth-order valence-corrected chi connectivity index (χ4v) is 3.24. The van der Waals surface area contributed by atoms with Gasteiger partial charge in [-0.15, -0.1) is 5.10 Å². The normalized spacial score (nSPS) is 23.3. The predicted octanol–water partition coefficient (Wildman–Crippen LogP) is 2.16. The van der Waals surface area contributed by atoms with Crippen molar-refractivity contribution in [2.24, 2.45) is 0 Å². The van der Waals surface area contributed by atoms with Crippen LogP contribution in [0, 0.1) is 0 Å². The molecule has 1 aliphatic carbocycles. The van der Waals surface area contributed by atoms with Gasteiger partial charge in [0.05, 0.1) is 12.6 Å². The zero-order valence-corrected chi connectivity index (χ0v) is 11.1. The van der Waals surface area contributed by atoms with Crippen LogP contribution in [0.4, 0.5) is 0 Å². The largest absolute Gasteiger partial charge is 0.296 e. The molecule has 5 heteroatoms. The molecule has 0 N–H and O–H groups in total. The maximum absolute atomic E-state index is 4.25. The molecule has 0 bridgehead atoms. The van der Waals surface area contributed by atoms with Crippen LogP contribution in [-0.2, 0) is 6.54 Å². The van der Waals surface area contributed by atoms with Gasteiger partial charge in [-0.1, -0.05) is 25.7 Å². The number of aromatic nitrogens is 4. The van der Waals surface area contributed by atoms with E-state index in [0.717, 1.165) is 12.4 Å². The third kappa shape index (κ3) is 2.71. The standard InChI is InChI=1S/C13H23N5/c1-2-6-10-17(9-5-1)11-13-14-15-16-18(13)12-7-3-4-8-12/h12H,1-11H2. The zero-order chi connectivity index (χ0) is 12.2. The van der Waals surface area contributed by atoms with Crippen molar-refractivity contribution in [1.82, 2.24) is 25.1 Å². The van der Waals surface area contributed by atoms with E-state index >= 15 is 0 Å². The number of hydrogen-bond donors (Lipinski definition) is 0. The molecule has 18 heavy (non-hydrogen) atoms. The molecule has 0 aromatic carbocycles. The molecule has 2 fully saturated rings. The molecule has 1 aliphatic heterocycles. The summed E-state index contributed by atoms with van der Waals surface area (Å²) in [5.41, 5.74) is 0. The molecular weight excluding hydrogens is 226 g/mol. The molecule has 2 aliphatic rings.